The number of aromatic nitrogens is 2. The number of hydrogen-bond acceptors (Lipinski definition) is 10. The molecule has 3 aliphatic rings. The van der Waals surface area contributed by atoms with Crippen LogP contribution in [0, 0.1) is 29.9 Å². The Morgan fingerprint density at radius 1 is 1.33 bits per heavy atom. The van der Waals surface area contributed by atoms with Crippen molar-refractivity contribution in [1.29, 1.82) is 5.26 Å². The van der Waals surface area contributed by atoms with E-state index < -0.39 is 29.2 Å². The maximum atomic E-state index is 17.2. The van der Waals surface area contributed by atoms with E-state index in [0.717, 1.165) is 24.2 Å². The van der Waals surface area contributed by atoms with E-state index in [-0.39, 0.29) is 78.6 Å². The lowest BCUT2D eigenvalue weighted by Gasteiger charge is -2.46. The number of nitrogen functional groups attached to an aromatic ring is 1. The molecule has 4 unspecified atom stereocenters. The second-order valence-corrected chi connectivity index (χ2v) is 14.3. The van der Waals surface area contributed by atoms with E-state index in [9.17, 15) is 19.6 Å². The molecule has 0 radical (unpaired) electrons. The zero-order valence-corrected chi connectivity index (χ0v) is 26.3. The van der Waals surface area contributed by atoms with Crippen LogP contribution in [0.1, 0.15) is 62.2 Å². The molecule has 45 heavy (non-hydrogen) atoms. The summed E-state index contributed by atoms with van der Waals surface area (Å²) in [5.74, 6) is -1.37. The number of ether oxygens (including phenoxy) is 1. The van der Waals surface area contributed by atoms with Crippen LogP contribution < -0.4 is 26.0 Å². The van der Waals surface area contributed by atoms with Crippen molar-refractivity contribution in [2.75, 3.05) is 23.7 Å². The average molecular weight is 634 g/mol. The van der Waals surface area contributed by atoms with E-state index in [1.54, 1.807) is 20.8 Å². The minimum absolute atomic E-state index is 0.00910. The zero-order valence-electron chi connectivity index (χ0n) is 25.5. The Hall–Kier alpha value is -4.12. The molecule has 10 nitrogen and oxygen atoms in total. The van der Waals surface area contributed by atoms with Gasteiger partial charge in [0, 0.05) is 41.0 Å². The number of pyridine rings is 2. The molecule has 0 saturated carbocycles. The average Bonchev–Trinajstić information content (AvgIpc) is 3.44. The quantitative estimate of drug-likeness (QED) is 0.254. The molecule has 234 valence electrons. The van der Waals surface area contributed by atoms with Crippen molar-refractivity contribution < 1.29 is 23.4 Å². The molecule has 5 N–H and O–H groups in total. The molecule has 3 aliphatic heterocycles. The Labute approximate surface area is 262 Å². The summed E-state index contributed by atoms with van der Waals surface area (Å²) < 4.78 is 38.8. The van der Waals surface area contributed by atoms with Crippen LogP contribution in [0.2, 0.25) is 0 Å². The smallest absolute Gasteiger partial charge is 0.270 e. The first-order chi connectivity index (χ1) is 21.2. The molecule has 2 fully saturated rings. The topological polar surface area (TPSA) is 149 Å². The first kappa shape index (κ1) is 29.6. The lowest BCUT2D eigenvalue weighted by atomic mass is 9.95. The van der Waals surface area contributed by atoms with Crippen molar-refractivity contribution in [3.8, 4) is 23.2 Å². The SMILES string of the molecule is Cc1c(C(=O)NCC(C)(C)O)nc2c3c(nc(-c4ccc(F)c5sc(N)c(C#N)c45)c(F)c13)OC(C)C1C3CCC(C)(CN21)N3. The molecule has 1 amide bonds. The normalized spacial score (nSPS) is 23.9. The van der Waals surface area contributed by atoms with Crippen LogP contribution in [0.4, 0.5) is 19.6 Å². The predicted molar refractivity (Wildman–Crippen MR) is 169 cm³/mol. The summed E-state index contributed by atoms with van der Waals surface area (Å²) in [6.45, 7) is 9.35. The van der Waals surface area contributed by atoms with Crippen LogP contribution >= 0.6 is 11.3 Å². The summed E-state index contributed by atoms with van der Waals surface area (Å²) >= 11 is 0.914. The van der Waals surface area contributed by atoms with E-state index in [1.807, 2.05) is 13.0 Å². The number of benzene rings is 1. The highest BCUT2D eigenvalue weighted by Gasteiger charge is 2.51. The summed E-state index contributed by atoms with van der Waals surface area (Å²) in [7, 11) is 0. The van der Waals surface area contributed by atoms with E-state index in [1.165, 1.54) is 12.1 Å². The first-order valence-corrected chi connectivity index (χ1v) is 15.7. The highest BCUT2D eigenvalue weighted by atomic mass is 32.1. The molecule has 7 rings (SSSR count). The molecule has 2 bridgehead atoms. The van der Waals surface area contributed by atoms with Gasteiger partial charge >= 0.3 is 0 Å². The van der Waals surface area contributed by atoms with Gasteiger partial charge in [0.1, 0.15) is 40.2 Å². The summed E-state index contributed by atoms with van der Waals surface area (Å²) in [6, 6.07) is 4.49. The van der Waals surface area contributed by atoms with Crippen LogP contribution in [0.15, 0.2) is 12.1 Å². The number of fused-ring (bicyclic) bond motifs is 6. The Morgan fingerprint density at radius 2 is 2.09 bits per heavy atom. The number of hydrogen-bond donors (Lipinski definition) is 4. The number of anilines is 2. The van der Waals surface area contributed by atoms with Crippen LogP contribution in [0.3, 0.4) is 0 Å². The van der Waals surface area contributed by atoms with Crippen LogP contribution in [0.5, 0.6) is 5.88 Å². The third kappa shape index (κ3) is 4.49. The predicted octanol–water partition coefficient (Wildman–Crippen LogP) is 4.53. The maximum absolute atomic E-state index is 17.2. The van der Waals surface area contributed by atoms with Gasteiger partial charge in [0.15, 0.2) is 5.82 Å². The second kappa shape index (κ2) is 9.94. The van der Waals surface area contributed by atoms with E-state index in [4.69, 9.17) is 20.4 Å². The van der Waals surface area contributed by atoms with Gasteiger partial charge in [-0.3, -0.25) is 4.79 Å². The van der Waals surface area contributed by atoms with Crippen molar-refractivity contribution >= 4 is 48.9 Å². The lowest BCUT2D eigenvalue weighted by Crippen LogP contribution is -2.66. The van der Waals surface area contributed by atoms with Gasteiger partial charge in [0.2, 0.25) is 5.88 Å². The molecule has 3 aromatic heterocycles. The number of halogens is 2. The summed E-state index contributed by atoms with van der Waals surface area (Å²) in [4.78, 5) is 25.3. The lowest BCUT2D eigenvalue weighted by molar-refractivity contribution is 0.0691. The molecular weight excluding hydrogens is 600 g/mol. The molecule has 13 heteroatoms. The maximum Gasteiger partial charge on any atom is 0.270 e. The fourth-order valence-corrected chi connectivity index (χ4v) is 8.17. The number of nitriles is 1. The second-order valence-electron chi connectivity index (χ2n) is 13.3. The molecule has 6 heterocycles. The van der Waals surface area contributed by atoms with E-state index >= 15 is 4.39 Å². The number of rotatable bonds is 4. The third-order valence-corrected chi connectivity index (χ3v) is 10.3. The monoisotopic (exact) mass is 633 g/mol. The number of nitrogens with one attached hydrogen (secondary N) is 2. The molecule has 4 aromatic rings. The number of piperazine rings is 1. The molecule has 1 aromatic carbocycles. The Kier molecular flexibility index (Phi) is 6.53. The minimum Gasteiger partial charge on any atom is -0.472 e. The van der Waals surface area contributed by atoms with Crippen molar-refractivity contribution in [2.45, 2.75) is 76.8 Å². The Bertz CT molecular complexity index is 1980. The van der Waals surface area contributed by atoms with Crippen molar-refractivity contribution in [2.24, 2.45) is 0 Å². The van der Waals surface area contributed by atoms with Gasteiger partial charge in [0.05, 0.1) is 27.3 Å². The number of aliphatic hydroxyl groups is 1. The number of aryl methyl sites for hydroxylation is 1. The van der Waals surface area contributed by atoms with Crippen molar-refractivity contribution in [1.82, 2.24) is 20.6 Å². The highest BCUT2D eigenvalue weighted by molar-refractivity contribution is 7.23. The highest BCUT2D eigenvalue weighted by Crippen LogP contribution is 2.48. The van der Waals surface area contributed by atoms with Gasteiger partial charge < -0.3 is 31.1 Å². The fourth-order valence-electron chi connectivity index (χ4n) is 7.22. The van der Waals surface area contributed by atoms with Gasteiger partial charge in [-0.2, -0.15) is 5.26 Å². The summed E-state index contributed by atoms with van der Waals surface area (Å²) in [6.07, 6.45) is 1.45. The number of carbonyl (C=O) groups excluding carboxylic acids is 1. The third-order valence-electron chi connectivity index (χ3n) is 9.24. The molecule has 0 aliphatic carbocycles. The molecule has 4 atom stereocenters. The van der Waals surface area contributed by atoms with Crippen LogP contribution in [-0.2, 0) is 0 Å². The van der Waals surface area contributed by atoms with Gasteiger partial charge in [0.25, 0.3) is 5.91 Å². The zero-order chi connectivity index (χ0) is 32.2. The summed E-state index contributed by atoms with van der Waals surface area (Å²) in [5, 5.41) is 27.4. The Morgan fingerprint density at radius 3 is 2.80 bits per heavy atom. The molecule has 2 saturated heterocycles. The first-order valence-electron chi connectivity index (χ1n) is 14.9. The van der Waals surface area contributed by atoms with Gasteiger partial charge in [-0.05, 0) is 65.2 Å². The van der Waals surface area contributed by atoms with Gasteiger partial charge in [-0.25, -0.2) is 18.7 Å². The number of thiophene rings is 1. The van der Waals surface area contributed by atoms with Crippen molar-refractivity contribution in [3.05, 3.63) is 40.6 Å². The number of amides is 1. The van der Waals surface area contributed by atoms with Crippen LogP contribution in [-0.4, -0.2) is 63.4 Å². The van der Waals surface area contributed by atoms with E-state index in [0.29, 0.717) is 17.7 Å². The minimum atomic E-state index is -1.18. The molecule has 0 spiro atoms. The fraction of sp³-hybridized carbons (Fsp3) is 0.438. The Balaban J connectivity index is 1.54. The van der Waals surface area contributed by atoms with Crippen LogP contribution in [0.25, 0.3) is 32.1 Å². The number of nitrogens with zero attached hydrogens (tertiary/aromatic N) is 4. The standard InChI is InChI=1S/C32H33F2N7O3S/c1-13-19-21-28(38-23(13)29(42)37-11-31(3,4)43)41-12-32(5)9-8-18(40-32)25(41)14(2)44-30(21)39-24(22(19)34)15-6-7-17(33)26-20(15)16(10-35)27(36)45-26/h6-7,14,18,25,40,43H,8-9,11-12,36H2,1-5H3,(H,37,42). The van der Waals surface area contributed by atoms with Crippen molar-refractivity contribution in [3.63, 3.8) is 0 Å². The number of nitrogens with two attached hydrogens (primary N) is 1. The van der Waals surface area contributed by atoms with Gasteiger partial charge in [-0.15, -0.1) is 11.3 Å². The largest absolute Gasteiger partial charge is 0.472 e. The molecular formula is C32H33F2N7O3S. The van der Waals surface area contributed by atoms with E-state index in [2.05, 4.69) is 22.5 Å². The van der Waals surface area contributed by atoms with Gasteiger partial charge in [-0.1, -0.05) is 0 Å². The number of carbonyl (C=O) groups is 1. The summed E-state index contributed by atoms with van der Waals surface area (Å²) in [5.41, 5.74) is 5.02.